The molecule has 0 aliphatic carbocycles. The van der Waals surface area contributed by atoms with Gasteiger partial charge in [0.25, 0.3) is 0 Å². The third kappa shape index (κ3) is 18.9. The molecule has 0 saturated carbocycles. The van der Waals surface area contributed by atoms with Crippen LogP contribution >= 0.6 is 0 Å². The van der Waals surface area contributed by atoms with Crippen LogP contribution in [0.3, 0.4) is 0 Å². The highest BCUT2D eigenvalue weighted by Gasteiger charge is 2.41. The molecule has 1 rings (SSSR count). The van der Waals surface area contributed by atoms with E-state index in [1.807, 2.05) is 6.08 Å². The number of hydrogen-bond donors (Lipinski definition) is 0. The molecular formula is C50H88O5Si3. The largest absolute Gasteiger partial charge is 0.543 e. The van der Waals surface area contributed by atoms with E-state index >= 15 is 0 Å². The molecule has 0 unspecified atom stereocenters. The summed E-state index contributed by atoms with van der Waals surface area (Å²) in [5.74, 6) is 1.47. The van der Waals surface area contributed by atoms with Crippen LogP contribution in [0.4, 0.5) is 0 Å². The quantitative estimate of drug-likeness (QED) is 0.0503. The molecule has 0 radical (unpaired) electrons. The van der Waals surface area contributed by atoms with Crippen molar-refractivity contribution < 1.29 is 22.8 Å². The highest BCUT2D eigenvalue weighted by molar-refractivity contribution is 6.75. The molecule has 0 N–H and O–H groups in total. The summed E-state index contributed by atoms with van der Waals surface area (Å²) in [5, 5.41) is 0.382. The lowest BCUT2D eigenvalue weighted by Crippen LogP contribution is -2.44. The molecule has 0 fully saturated rings. The standard InChI is InChI=1S/C50H88O5Si3/c1-39(25-21-27-40(2)29-23-31-42(4)38-53-56(15,16)48(5,6)7)26-22-28-41(3)30-24-32-43(47(51)52-14)33-34-44-37-45(54-57(17,18)49(8,9)10)35-36-46(44)55-58(19,20)50(11,12)13/h26-27,30-31,33,35-37H,21-25,28-29,32,34,38H2,1-20H3. The molecule has 1 aromatic rings. The van der Waals surface area contributed by atoms with Gasteiger partial charge in [-0.2, -0.15) is 0 Å². The third-order valence-electron chi connectivity index (χ3n) is 12.9. The van der Waals surface area contributed by atoms with Crippen molar-refractivity contribution in [3.05, 3.63) is 82.0 Å². The van der Waals surface area contributed by atoms with E-state index in [1.165, 1.54) is 29.4 Å². The lowest BCUT2D eigenvalue weighted by Gasteiger charge is -2.38. The SMILES string of the molecule is COC(=O)C(=CCc1cc(O[Si](C)(C)C(C)(C)C)ccc1O[Si](C)(C)C(C)(C)C)CCC=C(C)CCC=C(C)CCC=C(C)CCC=C(C)CO[Si](C)(C)C(C)(C)C. The summed E-state index contributed by atoms with van der Waals surface area (Å²) < 4.78 is 25.2. The average molecular weight is 854 g/mol. The fourth-order valence-electron chi connectivity index (χ4n) is 5.39. The number of hydrogen-bond acceptors (Lipinski definition) is 5. The molecule has 0 aliphatic rings. The lowest BCUT2D eigenvalue weighted by atomic mass is 10.0. The molecule has 330 valence electrons. The van der Waals surface area contributed by atoms with E-state index in [4.69, 9.17) is 18.0 Å². The van der Waals surface area contributed by atoms with Gasteiger partial charge in [0.15, 0.2) is 8.32 Å². The number of rotatable bonds is 22. The van der Waals surface area contributed by atoms with Gasteiger partial charge in [-0.3, -0.25) is 0 Å². The van der Waals surface area contributed by atoms with Gasteiger partial charge < -0.3 is 18.0 Å². The van der Waals surface area contributed by atoms with Crippen molar-refractivity contribution in [1.29, 1.82) is 0 Å². The minimum Gasteiger partial charge on any atom is -0.543 e. The molecule has 0 spiro atoms. The van der Waals surface area contributed by atoms with E-state index < -0.39 is 25.0 Å². The summed E-state index contributed by atoms with van der Waals surface area (Å²) in [7, 11) is -4.38. The molecule has 58 heavy (non-hydrogen) atoms. The average Bonchev–Trinajstić information content (AvgIpc) is 3.07. The summed E-state index contributed by atoms with van der Waals surface area (Å²) in [6, 6.07) is 6.24. The Morgan fingerprint density at radius 2 is 0.983 bits per heavy atom. The predicted molar refractivity (Wildman–Crippen MR) is 261 cm³/mol. The fourth-order valence-corrected chi connectivity index (χ4v) is 8.49. The van der Waals surface area contributed by atoms with E-state index in [2.05, 4.69) is 172 Å². The molecule has 0 aliphatic heterocycles. The van der Waals surface area contributed by atoms with Gasteiger partial charge >= 0.3 is 5.97 Å². The molecule has 0 aromatic heterocycles. The number of carbonyl (C=O) groups is 1. The van der Waals surface area contributed by atoms with Crippen molar-refractivity contribution >= 4 is 30.9 Å². The maximum atomic E-state index is 13.0. The Bertz CT molecular complexity index is 1620. The van der Waals surface area contributed by atoms with Gasteiger partial charge in [0.05, 0.1) is 13.7 Å². The minimum absolute atomic E-state index is 0.0570. The number of methoxy groups -OCH3 is 1. The molecule has 0 atom stereocenters. The number of ether oxygens (including phenoxy) is 1. The van der Waals surface area contributed by atoms with E-state index in [1.54, 1.807) is 0 Å². The van der Waals surface area contributed by atoms with E-state index in [9.17, 15) is 4.79 Å². The molecule has 0 saturated heterocycles. The van der Waals surface area contributed by atoms with Crippen LogP contribution in [0.15, 0.2) is 76.4 Å². The summed E-state index contributed by atoms with van der Waals surface area (Å²) >= 11 is 0. The molecule has 8 heteroatoms. The maximum Gasteiger partial charge on any atom is 0.333 e. The minimum atomic E-state index is -2.10. The molecule has 1 aromatic carbocycles. The second-order valence-corrected chi connectivity index (χ2v) is 35.6. The topological polar surface area (TPSA) is 54.0 Å². The van der Waals surface area contributed by atoms with Crippen LogP contribution < -0.4 is 8.85 Å². The van der Waals surface area contributed by atoms with Gasteiger partial charge in [0.1, 0.15) is 11.5 Å². The van der Waals surface area contributed by atoms with Crippen molar-refractivity contribution in [3.63, 3.8) is 0 Å². The zero-order valence-electron chi connectivity index (χ0n) is 41.2. The highest BCUT2D eigenvalue weighted by Crippen LogP contribution is 2.41. The number of benzene rings is 1. The van der Waals surface area contributed by atoms with Crippen LogP contribution in [0.2, 0.25) is 54.4 Å². The summed E-state index contributed by atoms with van der Waals surface area (Å²) in [6.45, 7) is 43.8. The molecular weight excluding hydrogens is 765 g/mol. The van der Waals surface area contributed by atoms with Crippen molar-refractivity contribution in [3.8, 4) is 11.5 Å². The van der Waals surface area contributed by atoms with Gasteiger partial charge in [-0.15, -0.1) is 0 Å². The Morgan fingerprint density at radius 1 is 0.569 bits per heavy atom. The molecule has 5 nitrogen and oxygen atoms in total. The van der Waals surface area contributed by atoms with Crippen LogP contribution in [-0.4, -0.2) is 44.6 Å². The van der Waals surface area contributed by atoms with Crippen LogP contribution in [0.25, 0.3) is 0 Å². The molecule has 0 amide bonds. The first-order chi connectivity index (χ1) is 26.4. The van der Waals surface area contributed by atoms with E-state index in [0.29, 0.717) is 18.4 Å². The smallest absolute Gasteiger partial charge is 0.333 e. The second kappa shape index (κ2) is 23.0. The Balaban J connectivity index is 2.87. The number of allylic oxidation sites excluding steroid dienone is 8. The monoisotopic (exact) mass is 853 g/mol. The van der Waals surface area contributed by atoms with Crippen molar-refractivity contribution in [2.75, 3.05) is 13.7 Å². The number of carbonyl (C=O) groups excluding carboxylic acids is 1. The summed E-state index contributed by atoms with van der Waals surface area (Å²) in [5.41, 5.74) is 7.33. The van der Waals surface area contributed by atoms with Crippen molar-refractivity contribution in [2.45, 2.75) is 202 Å². The van der Waals surface area contributed by atoms with Crippen LogP contribution in [0, 0.1) is 0 Å². The van der Waals surface area contributed by atoms with Gasteiger partial charge in [0.2, 0.25) is 16.6 Å². The van der Waals surface area contributed by atoms with Gasteiger partial charge in [0, 0.05) is 11.1 Å². The molecule has 0 bridgehead atoms. The van der Waals surface area contributed by atoms with E-state index in [0.717, 1.165) is 68.6 Å². The van der Waals surface area contributed by atoms with Gasteiger partial charge in [-0.05, 0) is 158 Å². The first-order valence-electron chi connectivity index (χ1n) is 22.0. The normalized spacial score (nSPS) is 14.9. The first-order valence-corrected chi connectivity index (χ1v) is 30.7. The van der Waals surface area contributed by atoms with Gasteiger partial charge in [-0.1, -0.05) is 115 Å². The van der Waals surface area contributed by atoms with Crippen molar-refractivity contribution in [1.82, 2.24) is 0 Å². The Kier molecular flexibility index (Phi) is 21.3. The Morgan fingerprint density at radius 3 is 1.41 bits per heavy atom. The Labute approximate surface area is 361 Å². The summed E-state index contributed by atoms with van der Waals surface area (Å²) in [4.78, 5) is 13.0. The number of esters is 1. The fraction of sp³-hybridized carbons (Fsp3) is 0.660. The highest BCUT2D eigenvalue weighted by atomic mass is 28.4. The van der Waals surface area contributed by atoms with Crippen LogP contribution in [0.1, 0.15) is 147 Å². The Hall–Kier alpha value is -2.40. The zero-order chi connectivity index (χ0) is 44.8. The zero-order valence-corrected chi connectivity index (χ0v) is 44.2. The predicted octanol–water partition coefficient (Wildman–Crippen LogP) is 16.0. The molecule has 0 heterocycles. The second-order valence-electron chi connectivity index (χ2n) is 21.3. The summed E-state index contributed by atoms with van der Waals surface area (Å²) in [6.07, 6.45) is 19.8. The van der Waals surface area contributed by atoms with Crippen molar-refractivity contribution in [2.24, 2.45) is 0 Å². The van der Waals surface area contributed by atoms with E-state index in [-0.39, 0.29) is 21.1 Å². The van der Waals surface area contributed by atoms with Gasteiger partial charge in [-0.25, -0.2) is 4.79 Å². The first kappa shape index (κ1) is 53.6. The van der Waals surface area contributed by atoms with Crippen LogP contribution in [-0.2, 0) is 20.4 Å². The van der Waals surface area contributed by atoms with Crippen LogP contribution in [0.5, 0.6) is 11.5 Å². The maximum absolute atomic E-state index is 13.0. The third-order valence-corrected chi connectivity index (χ3v) is 26.0. The lowest BCUT2D eigenvalue weighted by molar-refractivity contribution is -0.136.